The van der Waals surface area contributed by atoms with Gasteiger partial charge in [-0.3, -0.25) is 9.69 Å². The number of carbonyl (C=O) groups excluding carboxylic acids is 1. The Hall–Kier alpha value is -0.820. The highest BCUT2D eigenvalue weighted by Gasteiger charge is 2.51. The number of rotatable bonds is 6. The van der Waals surface area contributed by atoms with Crippen LogP contribution in [0.5, 0.6) is 0 Å². The van der Waals surface area contributed by atoms with Crippen molar-refractivity contribution in [1.29, 1.82) is 0 Å². The number of morpholine rings is 1. The number of hydrogen-bond donors (Lipinski definition) is 1. The minimum atomic E-state index is -4.44. The molecule has 4 nitrogen and oxygen atoms in total. The number of nitrogens with zero attached hydrogens (tertiary/aromatic N) is 1. The minimum absolute atomic E-state index is 0.102. The zero-order valence-corrected chi connectivity index (χ0v) is 16.6. The molecule has 0 aromatic heterocycles. The Kier molecular flexibility index (Phi) is 6.03. The molecule has 1 unspecified atom stereocenters. The molecule has 7 heteroatoms. The summed E-state index contributed by atoms with van der Waals surface area (Å²) in [5.41, 5.74) is -0.979. The summed E-state index contributed by atoms with van der Waals surface area (Å²) in [6.45, 7) is 11.9. The number of halogens is 3. The smallest absolute Gasteiger partial charge is 0.378 e. The van der Waals surface area contributed by atoms with Crippen LogP contribution in [0, 0.1) is 10.8 Å². The molecule has 0 aromatic rings. The van der Waals surface area contributed by atoms with Crippen molar-refractivity contribution in [2.75, 3.05) is 26.3 Å². The maximum absolute atomic E-state index is 13.4. The molecule has 1 aliphatic carbocycles. The van der Waals surface area contributed by atoms with E-state index in [1.165, 1.54) is 0 Å². The number of nitrogens with one attached hydrogen (secondary N) is 1. The van der Waals surface area contributed by atoms with E-state index >= 15 is 0 Å². The van der Waals surface area contributed by atoms with Gasteiger partial charge in [0.2, 0.25) is 5.91 Å². The first-order valence-electron chi connectivity index (χ1n) is 9.46. The Labute approximate surface area is 154 Å². The zero-order valence-electron chi connectivity index (χ0n) is 16.6. The molecule has 1 atom stereocenters. The van der Waals surface area contributed by atoms with Gasteiger partial charge in [0.05, 0.1) is 13.2 Å². The van der Waals surface area contributed by atoms with E-state index in [0.29, 0.717) is 13.0 Å². The monoisotopic (exact) mass is 378 g/mol. The average Bonchev–Trinajstić information content (AvgIpc) is 3.24. The normalized spacial score (nSPS) is 22.3. The van der Waals surface area contributed by atoms with E-state index in [2.05, 4.69) is 10.2 Å². The first-order valence-corrected chi connectivity index (χ1v) is 9.46. The van der Waals surface area contributed by atoms with E-state index in [9.17, 15) is 18.0 Å². The largest absolute Gasteiger partial charge is 0.408 e. The van der Waals surface area contributed by atoms with Crippen molar-refractivity contribution in [2.45, 2.75) is 78.1 Å². The van der Waals surface area contributed by atoms with Crippen LogP contribution in [0.2, 0.25) is 0 Å². The van der Waals surface area contributed by atoms with E-state index in [4.69, 9.17) is 4.74 Å². The molecular weight excluding hydrogens is 345 g/mol. The van der Waals surface area contributed by atoms with Gasteiger partial charge in [-0.25, -0.2) is 0 Å². The Morgan fingerprint density at radius 2 is 1.81 bits per heavy atom. The summed E-state index contributed by atoms with van der Waals surface area (Å²) in [7, 11) is 0. The third kappa shape index (κ3) is 5.59. The van der Waals surface area contributed by atoms with E-state index in [-0.39, 0.29) is 17.4 Å². The Morgan fingerprint density at radius 1 is 1.19 bits per heavy atom. The molecule has 0 aromatic carbocycles. The maximum atomic E-state index is 13.4. The second kappa shape index (κ2) is 7.30. The predicted molar refractivity (Wildman–Crippen MR) is 94.8 cm³/mol. The first-order chi connectivity index (χ1) is 11.8. The van der Waals surface area contributed by atoms with Crippen LogP contribution in [0.15, 0.2) is 0 Å². The summed E-state index contributed by atoms with van der Waals surface area (Å²) in [6, 6.07) is -1.80. The summed E-state index contributed by atoms with van der Waals surface area (Å²) in [4.78, 5) is 14.4. The van der Waals surface area contributed by atoms with Crippen LogP contribution in [-0.2, 0) is 9.53 Å². The van der Waals surface area contributed by atoms with Gasteiger partial charge in [0.25, 0.3) is 0 Å². The Morgan fingerprint density at radius 3 is 2.31 bits per heavy atom. The molecule has 1 saturated carbocycles. The SMILES string of the molecule is CC(C)(CCC(NC(=O)C(C)(C)C)C(F)(F)F)CN1CCOCC12CC2. The average molecular weight is 378 g/mol. The summed E-state index contributed by atoms with van der Waals surface area (Å²) in [6.07, 6.45) is -1.93. The van der Waals surface area contributed by atoms with E-state index < -0.39 is 23.5 Å². The summed E-state index contributed by atoms with van der Waals surface area (Å²) < 4.78 is 45.8. The van der Waals surface area contributed by atoms with E-state index in [1.54, 1.807) is 20.8 Å². The van der Waals surface area contributed by atoms with Gasteiger partial charge in [-0.2, -0.15) is 13.2 Å². The number of amides is 1. The van der Waals surface area contributed by atoms with Crippen molar-refractivity contribution in [3.8, 4) is 0 Å². The van der Waals surface area contributed by atoms with Gasteiger partial charge in [0, 0.05) is 24.0 Å². The molecule has 2 fully saturated rings. The molecule has 0 bridgehead atoms. The van der Waals surface area contributed by atoms with Gasteiger partial charge in [-0.1, -0.05) is 34.6 Å². The lowest BCUT2D eigenvalue weighted by Crippen LogP contribution is -2.52. The summed E-state index contributed by atoms with van der Waals surface area (Å²) in [5, 5.41) is 2.20. The predicted octanol–water partition coefficient (Wildman–Crippen LogP) is 3.75. The van der Waals surface area contributed by atoms with E-state index in [0.717, 1.165) is 32.5 Å². The number of ether oxygens (including phenoxy) is 1. The lowest BCUT2D eigenvalue weighted by molar-refractivity contribution is -0.166. The summed E-state index contributed by atoms with van der Waals surface area (Å²) in [5.74, 6) is -0.567. The fourth-order valence-corrected chi connectivity index (χ4v) is 3.44. The Bertz CT molecular complexity index is 508. The second-order valence-electron chi connectivity index (χ2n) is 9.72. The quantitative estimate of drug-likeness (QED) is 0.765. The Balaban J connectivity index is 1.94. The molecule has 1 spiro atoms. The van der Waals surface area contributed by atoms with Crippen molar-refractivity contribution in [1.82, 2.24) is 10.2 Å². The second-order valence-corrected chi connectivity index (χ2v) is 9.72. The van der Waals surface area contributed by atoms with Gasteiger partial charge in [-0.05, 0) is 31.1 Å². The third-order valence-electron chi connectivity index (χ3n) is 5.48. The minimum Gasteiger partial charge on any atom is -0.378 e. The van der Waals surface area contributed by atoms with Crippen LogP contribution in [0.1, 0.15) is 60.3 Å². The van der Waals surface area contributed by atoms with Gasteiger partial charge in [-0.15, -0.1) is 0 Å². The fraction of sp³-hybridized carbons (Fsp3) is 0.947. The molecule has 1 aliphatic heterocycles. The van der Waals surface area contributed by atoms with E-state index in [1.807, 2.05) is 13.8 Å². The third-order valence-corrected chi connectivity index (χ3v) is 5.48. The van der Waals surface area contributed by atoms with Crippen molar-refractivity contribution < 1.29 is 22.7 Å². The van der Waals surface area contributed by atoms with Crippen LogP contribution in [0.3, 0.4) is 0 Å². The van der Waals surface area contributed by atoms with Gasteiger partial charge < -0.3 is 10.1 Å². The lowest BCUT2D eigenvalue weighted by Gasteiger charge is -2.41. The maximum Gasteiger partial charge on any atom is 0.408 e. The van der Waals surface area contributed by atoms with Crippen LogP contribution in [0.25, 0.3) is 0 Å². The molecule has 0 radical (unpaired) electrons. The molecule has 152 valence electrons. The molecule has 26 heavy (non-hydrogen) atoms. The van der Waals surface area contributed by atoms with Crippen LogP contribution in [0.4, 0.5) is 13.2 Å². The molecule has 1 heterocycles. The van der Waals surface area contributed by atoms with Gasteiger partial charge in [0.15, 0.2) is 0 Å². The molecule has 1 saturated heterocycles. The zero-order chi connectivity index (χ0) is 19.8. The van der Waals surface area contributed by atoms with Gasteiger partial charge in [0.1, 0.15) is 6.04 Å². The number of carbonyl (C=O) groups is 1. The van der Waals surface area contributed by atoms with Crippen LogP contribution < -0.4 is 5.32 Å². The van der Waals surface area contributed by atoms with Crippen molar-refractivity contribution in [2.24, 2.45) is 10.8 Å². The highest BCUT2D eigenvalue weighted by molar-refractivity contribution is 5.81. The topological polar surface area (TPSA) is 41.6 Å². The van der Waals surface area contributed by atoms with Crippen LogP contribution >= 0.6 is 0 Å². The molecule has 2 aliphatic rings. The molecule has 1 amide bonds. The standard InChI is InChI=1S/C19H33F3N2O2/c1-16(2,3)15(25)23-14(19(20,21)22)6-7-17(4,5)12-24-10-11-26-13-18(24)8-9-18/h14H,6-13H2,1-5H3,(H,23,25). The first kappa shape index (κ1) is 21.5. The number of alkyl halides is 3. The molecule has 1 N–H and O–H groups in total. The van der Waals surface area contributed by atoms with Crippen molar-refractivity contribution in [3.63, 3.8) is 0 Å². The molecule has 2 rings (SSSR count). The highest BCUT2D eigenvalue weighted by atomic mass is 19.4. The summed E-state index contributed by atoms with van der Waals surface area (Å²) >= 11 is 0. The fourth-order valence-electron chi connectivity index (χ4n) is 3.44. The highest BCUT2D eigenvalue weighted by Crippen LogP contribution is 2.45. The lowest BCUT2D eigenvalue weighted by atomic mass is 9.84. The van der Waals surface area contributed by atoms with Crippen molar-refractivity contribution >= 4 is 5.91 Å². The van der Waals surface area contributed by atoms with Crippen LogP contribution in [-0.4, -0.2) is 54.9 Å². The van der Waals surface area contributed by atoms with Gasteiger partial charge >= 0.3 is 6.18 Å². The molecular formula is C19H33F3N2O2. The number of hydrogen-bond acceptors (Lipinski definition) is 3. The van der Waals surface area contributed by atoms with Crippen molar-refractivity contribution in [3.05, 3.63) is 0 Å².